The minimum Gasteiger partial charge on any atom is -0.490 e. The molecule has 0 saturated heterocycles. The third-order valence-corrected chi connectivity index (χ3v) is 4.88. The Morgan fingerprint density at radius 3 is 1.81 bits per heavy atom. The van der Waals surface area contributed by atoms with Crippen molar-refractivity contribution in [3.8, 4) is 11.5 Å². The van der Waals surface area contributed by atoms with Crippen molar-refractivity contribution in [2.45, 2.75) is 58.5 Å². The summed E-state index contributed by atoms with van der Waals surface area (Å²) in [5.41, 5.74) is 1.18. The van der Waals surface area contributed by atoms with Gasteiger partial charge in [0.05, 0.1) is 17.7 Å². The van der Waals surface area contributed by atoms with Crippen LogP contribution in [0.3, 0.4) is 0 Å². The lowest BCUT2D eigenvalue weighted by Gasteiger charge is -2.30. The van der Waals surface area contributed by atoms with Gasteiger partial charge in [0.15, 0.2) is 0 Å². The molecule has 7 heteroatoms. The first-order valence-corrected chi connectivity index (χ1v) is 10.4. The lowest BCUT2D eigenvalue weighted by molar-refractivity contribution is 0.0523. The van der Waals surface area contributed by atoms with Crippen molar-refractivity contribution in [3.63, 3.8) is 0 Å². The Morgan fingerprint density at radius 1 is 0.906 bits per heavy atom. The van der Waals surface area contributed by atoms with Crippen LogP contribution in [0.2, 0.25) is 0 Å². The molecular formula is C25H32O7. The molecule has 3 N–H and O–H groups in total. The van der Waals surface area contributed by atoms with E-state index in [0.717, 1.165) is 11.1 Å². The normalized spacial score (nSPS) is 12.9. The Hall–Kier alpha value is -2.90. The first-order chi connectivity index (χ1) is 14.7. The van der Waals surface area contributed by atoms with Gasteiger partial charge < -0.3 is 24.8 Å². The molecule has 0 aliphatic heterocycles. The molecule has 0 aromatic heterocycles. The van der Waals surface area contributed by atoms with E-state index >= 15 is 0 Å². The zero-order chi connectivity index (χ0) is 24.3. The molecule has 0 spiro atoms. The third-order valence-electron chi connectivity index (χ3n) is 4.88. The number of carbonyl (C=O) groups excluding carboxylic acids is 1. The molecule has 1 unspecified atom stereocenters. The predicted molar refractivity (Wildman–Crippen MR) is 121 cm³/mol. The number of carbonyl (C=O) groups is 2. The summed E-state index contributed by atoms with van der Waals surface area (Å²) in [7, 11) is 0. The minimum atomic E-state index is -1.06. The molecule has 32 heavy (non-hydrogen) atoms. The second-order valence-electron chi connectivity index (χ2n) is 9.77. The van der Waals surface area contributed by atoms with Crippen molar-refractivity contribution in [1.82, 2.24) is 0 Å². The molecule has 0 bridgehead atoms. The molecule has 0 aliphatic rings. The Labute approximate surface area is 188 Å². The number of ether oxygens (including phenoxy) is 2. The average Bonchev–Trinajstić information content (AvgIpc) is 2.70. The van der Waals surface area contributed by atoms with Crippen molar-refractivity contribution in [1.29, 1.82) is 0 Å². The van der Waals surface area contributed by atoms with Crippen LogP contribution in [0.15, 0.2) is 36.4 Å². The van der Waals surface area contributed by atoms with E-state index in [1.54, 1.807) is 12.1 Å². The second kappa shape index (κ2) is 9.71. The van der Waals surface area contributed by atoms with Crippen LogP contribution >= 0.6 is 0 Å². The van der Waals surface area contributed by atoms with E-state index in [0.29, 0.717) is 11.3 Å². The molecule has 7 nitrogen and oxygen atoms in total. The summed E-state index contributed by atoms with van der Waals surface area (Å²) >= 11 is 0. The lowest BCUT2D eigenvalue weighted by atomic mass is 9.78. The standard InChI is InChI=1S/C25H32O7/c1-24(2,3)19-11-16(23(30)32-18-9-7-15(8-10-18)22(28)29)12-20(25(4,5)6)21(19)31-14-17(27)13-26/h7-12,17,26-27H,13-14H2,1-6H3,(H,28,29). The Bertz CT molecular complexity index is 928. The molecule has 0 fully saturated rings. The van der Waals surface area contributed by atoms with Gasteiger partial charge >= 0.3 is 11.9 Å². The van der Waals surface area contributed by atoms with Gasteiger partial charge in [0.25, 0.3) is 0 Å². The van der Waals surface area contributed by atoms with Crippen LogP contribution in [-0.4, -0.2) is 46.6 Å². The molecule has 1 atom stereocenters. The van der Waals surface area contributed by atoms with Gasteiger partial charge in [-0.25, -0.2) is 9.59 Å². The Kier molecular flexibility index (Phi) is 7.70. The molecule has 0 aliphatic carbocycles. The maximum Gasteiger partial charge on any atom is 0.343 e. The van der Waals surface area contributed by atoms with Crippen molar-refractivity contribution in [3.05, 3.63) is 58.7 Å². The van der Waals surface area contributed by atoms with Gasteiger partial charge in [0.2, 0.25) is 0 Å². The van der Waals surface area contributed by atoms with E-state index in [9.17, 15) is 14.7 Å². The van der Waals surface area contributed by atoms with Crippen LogP contribution in [0.25, 0.3) is 0 Å². The summed E-state index contributed by atoms with van der Waals surface area (Å²) in [6.07, 6.45) is -1.02. The topological polar surface area (TPSA) is 113 Å². The summed E-state index contributed by atoms with van der Waals surface area (Å²) in [5.74, 6) is -0.832. The SMILES string of the molecule is CC(C)(C)c1cc(C(=O)Oc2ccc(C(=O)O)cc2)cc(C(C)(C)C)c1OCC(O)CO. The van der Waals surface area contributed by atoms with Crippen LogP contribution in [-0.2, 0) is 10.8 Å². The molecule has 0 heterocycles. The quantitative estimate of drug-likeness (QED) is 0.438. The summed E-state index contributed by atoms with van der Waals surface area (Å²) in [6.45, 7) is 11.4. The van der Waals surface area contributed by atoms with Crippen molar-refractivity contribution in [2.75, 3.05) is 13.2 Å². The highest BCUT2D eigenvalue weighted by Gasteiger charge is 2.30. The summed E-state index contributed by atoms with van der Waals surface area (Å²) in [6, 6.07) is 9.04. The highest BCUT2D eigenvalue weighted by molar-refractivity contribution is 5.92. The van der Waals surface area contributed by atoms with Gasteiger partial charge in [-0.05, 0) is 47.2 Å². The Morgan fingerprint density at radius 2 is 1.41 bits per heavy atom. The summed E-state index contributed by atoms with van der Waals surface area (Å²) < 4.78 is 11.4. The number of benzene rings is 2. The summed E-state index contributed by atoms with van der Waals surface area (Å²) in [4.78, 5) is 24.0. The van der Waals surface area contributed by atoms with Crippen LogP contribution in [0.5, 0.6) is 11.5 Å². The van der Waals surface area contributed by atoms with Crippen molar-refractivity contribution in [2.24, 2.45) is 0 Å². The lowest BCUT2D eigenvalue weighted by Crippen LogP contribution is -2.26. The van der Waals surface area contributed by atoms with Crippen molar-refractivity contribution < 1.29 is 34.4 Å². The van der Waals surface area contributed by atoms with Crippen molar-refractivity contribution >= 4 is 11.9 Å². The Balaban J connectivity index is 2.50. The van der Waals surface area contributed by atoms with Crippen LogP contribution in [0.1, 0.15) is 73.4 Å². The molecule has 2 aromatic rings. The van der Waals surface area contributed by atoms with Gasteiger partial charge in [0, 0.05) is 11.1 Å². The number of hydrogen-bond donors (Lipinski definition) is 3. The van der Waals surface area contributed by atoms with Gasteiger partial charge in [-0.1, -0.05) is 41.5 Å². The van der Waals surface area contributed by atoms with Gasteiger partial charge in [-0.3, -0.25) is 0 Å². The van der Waals surface area contributed by atoms with E-state index in [1.807, 2.05) is 41.5 Å². The smallest absolute Gasteiger partial charge is 0.343 e. The molecular weight excluding hydrogens is 412 g/mol. The molecule has 0 saturated carbocycles. The molecule has 0 amide bonds. The van der Waals surface area contributed by atoms with Crippen LogP contribution < -0.4 is 9.47 Å². The zero-order valence-corrected chi connectivity index (χ0v) is 19.4. The number of rotatable bonds is 7. The first kappa shape index (κ1) is 25.4. The number of hydrogen-bond acceptors (Lipinski definition) is 6. The number of carboxylic acids is 1. The van der Waals surface area contributed by atoms with E-state index < -0.39 is 24.6 Å². The van der Waals surface area contributed by atoms with E-state index in [4.69, 9.17) is 19.7 Å². The van der Waals surface area contributed by atoms with Crippen LogP contribution in [0.4, 0.5) is 0 Å². The highest BCUT2D eigenvalue weighted by Crippen LogP contribution is 2.41. The minimum absolute atomic E-state index is 0.0810. The number of carboxylic acid groups (broad SMARTS) is 1. The van der Waals surface area contributed by atoms with E-state index in [1.165, 1.54) is 24.3 Å². The van der Waals surface area contributed by atoms with Gasteiger partial charge in [0.1, 0.15) is 24.2 Å². The fraction of sp³-hybridized carbons (Fsp3) is 0.440. The first-order valence-electron chi connectivity index (χ1n) is 10.4. The monoisotopic (exact) mass is 444 g/mol. The van der Waals surface area contributed by atoms with E-state index in [2.05, 4.69) is 0 Å². The highest BCUT2D eigenvalue weighted by atomic mass is 16.5. The summed E-state index contributed by atoms with van der Waals surface area (Å²) in [5, 5.41) is 28.0. The largest absolute Gasteiger partial charge is 0.490 e. The zero-order valence-electron chi connectivity index (χ0n) is 19.4. The maximum atomic E-state index is 13.0. The molecule has 2 aromatic carbocycles. The van der Waals surface area contributed by atoms with Gasteiger partial charge in [-0.2, -0.15) is 0 Å². The molecule has 2 rings (SSSR count). The average molecular weight is 445 g/mol. The maximum absolute atomic E-state index is 13.0. The fourth-order valence-electron chi connectivity index (χ4n) is 3.08. The number of aliphatic hydroxyl groups is 2. The molecule has 174 valence electrons. The predicted octanol–water partition coefficient (Wildman–Crippen LogP) is 3.93. The number of aliphatic hydroxyl groups excluding tert-OH is 2. The number of aromatic carboxylic acids is 1. The number of esters is 1. The second-order valence-corrected chi connectivity index (χ2v) is 9.77. The fourth-order valence-corrected chi connectivity index (χ4v) is 3.08. The van der Waals surface area contributed by atoms with E-state index in [-0.39, 0.29) is 28.7 Å². The third kappa shape index (κ3) is 6.31. The molecule has 0 radical (unpaired) electrons. The van der Waals surface area contributed by atoms with Crippen LogP contribution in [0, 0.1) is 0 Å². The van der Waals surface area contributed by atoms with Gasteiger partial charge in [-0.15, -0.1) is 0 Å².